The molecular formula is C23H22F3NO5. The quantitative estimate of drug-likeness (QED) is 0.747. The normalized spacial score (nSPS) is 21.0. The number of rotatable bonds is 5. The van der Waals surface area contributed by atoms with Crippen molar-refractivity contribution in [3.8, 4) is 5.75 Å². The van der Waals surface area contributed by atoms with Crippen molar-refractivity contribution in [2.45, 2.75) is 37.5 Å². The molecule has 3 aliphatic rings. The van der Waals surface area contributed by atoms with Crippen LogP contribution in [0.1, 0.15) is 42.1 Å². The summed E-state index contributed by atoms with van der Waals surface area (Å²) in [6.07, 6.45) is -3.54. The summed E-state index contributed by atoms with van der Waals surface area (Å²) >= 11 is 0. The Bertz CT molecular complexity index is 1030. The van der Waals surface area contributed by atoms with Crippen LogP contribution in [0.2, 0.25) is 0 Å². The Kier molecular flexibility index (Phi) is 5.15. The molecular weight excluding hydrogens is 427 g/mol. The molecule has 1 aliphatic carbocycles. The highest BCUT2D eigenvalue weighted by atomic mass is 19.4. The van der Waals surface area contributed by atoms with Crippen molar-refractivity contribution in [2.24, 2.45) is 5.92 Å². The number of aliphatic hydroxyl groups excluding tert-OH is 1. The van der Waals surface area contributed by atoms with Crippen molar-refractivity contribution in [3.63, 3.8) is 0 Å². The summed E-state index contributed by atoms with van der Waals surface area (Å²) < 4.78 is 54.3. The fraction of sp³-hybridized carbons (Fsp3) is 0.435. The van der Waals surface area contributed by atoms with E-state index in [1.807, 2.05) is 0 Å². The van der Waals surface area contributed by atoms with Crippen LogP contribution in [0.3, 0.4) is 0 Å². The minimum atomic E-state index is -4.89. The number of ether oxygens (including phenoxy) is 3. The molecule has 2 heterocycles. The number of carbonyl (C=O) groups excluding carboxylic acids is 1. The Labute approximate surface area is 182 Å². The first-order chi connectivity index (χ1) is 15.3. The summed E-state index contributed by atoms with van der Waals surface area (Å²) in [5, 5.41) is 10.9. The molecule has 1 amide bonds. The van der Waals surface area contributed by atoms with Gasteiger partial charge in [0.05, 0.1) is 18.9 Å². The minimum absolute atomic E-state index is 0.0385. The maximum atomic E-state index is 13.3. The summed E-state index contributed by atoms with van der Waals surface area (Å²) in [5.74, 6) is -1.94. The van der Waals surface area contributed by atoms with E-state index in [2.05, 4.69) is 4.74 Å². The van der Waals surface area contributed by atoms with E-state index < -0.39 is 24.0 Å². The number of benzene rings is 2. The fourth-order valence-electron chi connectivity index (χ4n) is 4.28. The number of alkyl halides is 3. The maximum Gasteiger partial charge on any atom is 0.573 e. The van der Waals surface area contributed by atoms with Gasteiger partial charge in [-0.25, -0.2) is 0 Å². The van der Waals surface area contributed by atoms with Gasteiger partial charge in [0, 0.05) is 17.7 Å². The van der Waals surface area contributed by atoms with E-state index in [-0.39, 0.29) is 11.5 Å². The van der Waals surface area contributed by atoms with Crippen LogP contribution in [0, 0.1) is 5.92 Å². The molecule has 2 aromatic carbocycles. The lowest BCUT2D eigenvalue weighted by Gasteiger charge is -2.32. The monoisotopic (exact) mass is 449 g/mol. The van der Waals surface area contributed by atoms with Gasteiger partial charge in [-0.2, -0.15) is 0 Å². The second kappa shape index (κ2) is 7.75. The molecule has 9 heteroatoms. The summed E-state index contributed by atoms with van der Waals surface area (Å²) in [6.45, 7) is 1.25. The molecule has 5 rings (SSSR count). The molecule has 0 aromatic heterocycles. The van der Waals surface area contributed by atoms with Crippen LogP contribution in [0.25, 0.3) is 0 Å². The molecule has 1 spiro atoms. The molecule has 1 N–H and O–H groups in total. The SMILES string of the molecule is O=C1N(CC2CC2)c2ccc(C(O)c3ccccc3OC(F)(F)F)cc2C12OCCCO2. The van der Waals surface area contributed by atoms with Gasteiger partial charge in [-0.15, -0.1) is 13.2 Å². The Hall–Kier alpha value is -2.62. The number of para-hydroxylation sites is 1. The first-order valence-corrected chi connectivity index (χ1v) is 10.6. The molecule has 0 radical (unpaired) electrons. The Morgan fingerprint density at radius 1 is 1.16 bits per heavy atom. The molecule has 0 bridgehead atoms. The molecule has 6 nitrogen and oxygen atoms in total. The van der Waals surface area contributed by atoms with Gasteiger partial charge in [-0.1, -0.05) is 24.3 Å². The molecule has 1 saturated carbocycles. The predicted octanol–water partition coefficient (Wildman–Crippen LogP) is 4.01. The lowest BCUT2D eigenvalue weighted by atomic mass is 9.96. The Balaban J connectivity index is 1.54. The van der Waals surface area contributed by atoms with Gasteiger partial charge in [-0.3, -0.25) is 4.79 Å². The average molecular weight is 449 g/mol. The fourth-order valence-corrected chi connectivity index (χ4v) is 4.28. The summed E-state index contributed by atoms with van der Waals surface area (Å²) in [7, 11) is 0. The smallest absolute Gasteiger partial charge is 0.405 e. The third kappa shape index (κ3) is 3.74. The largest absolute Gasteiger partial charge is 0.573 e. The van der Waals surface area contributed by atoms with E-state index in [1.54, 1.807) is 23.1 Å². The van der Waals surface area contributed by atoms with Gasteiger partial charge in [0.25, 0.3) is 11.7 Å². The highest BCUT2D eigenvalue weighted by Gasteiger charge is 2.55. The second-order valence-corrected chi connectivity index (χ2v) is 8.29. The topological polar surface area (TPSA) is 68.2 Å². The minimum Gasteiger partial charge on any atom is -0.405 e. The van der Waals surface area contributed by atoms with Crippen LogP contribution >= 0.6 is 0 Å². The van der Waals surface area contributed by atoms with Gasteiger partial charge >= 0.3 is 6.36 Å². The van der Waals surface area contributed by atoms with Crippen LogP contribution in [-0.2, 0) is 20.1 Å². The van der Waals surface area contributed by atoms with Crippen LogP contribution < -0.4 is 9.64 Å². The van der Waals surface area contributed by atoms with Gasteiger partial charge in [0.15, 0.2) is 0 Å². The number of hydrogen-bond acceptors (Lipinski definition) is 5. The van der Waals surface area contributed by atoms with Crippen molar-refractivity contribution >= 4 is 11.6 Å². The van der Waals surface area contributed by atoms with Crippen molar-refractivity contribution in [1.29, 1.82) is 0 Å². The van der Waals surface area contributed by atoms with Crippen LogP contribution in [0.5, 0.6) is 5.75 Å². The zero-order valence-corrected chi connectivity index (χ0v) is 17.1. The third-order valence-electron chi connectivity index (χ3n) is 5.98. The van der Waals surface area contributed by atoms with E-state index in [1.165, 1.54) is 18.2 Å². The number of aliphatic hydroxyl groups is 1. The number of hydrogen-bond donors (Lipinski definition) is 1. The van der Waals surface area contributed by atoms with Crippen LogP contribution in [-0.4, -0.2) is 37.1 Å². The van der Waals surface area contributed by atoms with Crippen molar-refractivity contribution in [3.05, 3.63) is 59.2 Å². The molecule has 1 saturated heterocycles. The van der Waals surface area contributed by atoms with Gasteiger partial charge in [-0.05, 0) is 48.9 Å². The summed E-state index contributed by atoms with van der Waals surface area (Å²) in [6, 6.07) is 10.3. The highest BCUT2D eigenvalue weighted by Crippen LogP contribution is 2.48. The van der Waals surface area contributed by atoms with Gasteiger partial charge < -0.3 is 24.2 Å². The molecule has 1 unspecified atom stereocenters. The summed E-state index contributed by atoms with van der Waals surface area (Å²) in [4.78, 5) is 15.0. The van der Waals surface area contributed by atoms with Crippen LogP contribution in [0.15, 0.2) is 42.5 Å². The van der Waals surface area contributed by atoms with E-state index in [0.29, 0.717) is 48.9 Å². The van der Waals surface area contributed by atoms with Crippen molar-refractivity contribution in [2.75, 3.05) is 24.7 Å². The first kappa shape index (κ1) is 21.2. The zero-order chi connectivity index (χ0) is 22.5. The van der Waals surface area contributed by atoms with E-state index in [0.717, 1.165) is 18.9 Å². The standard InChI is InChI=1S/C23H22F3NO5/c24-23(25,26)32-19-5-2-1-4-16(19)20(28)15-8-9-18-17(12-15)22(30-10-3-11-31-22)21(29)27(18)13-14-6-7-14/h1-2,4-5,8-9,12,14,20,28H,3,6-7,10-11,13H2. The number of fused-ring (bicyclic) bond motifs is 2. The van der Waals surface area contributed by atoms with Crippen molar-refractivity contribution < 1.29 is 37.3 Å². The molecule has 170 valence electrons. The summed E-state index contributed by atoms with van der Waals surface area (Å²) in [5.41, 5.74) is 1.37. The first-order valence-electron chi connectivity index (χ1n) is 10.6. The molecule has 32 heavy (non-hydrogen) atoms. The zero-order valence-electron chi connectivity index (χ0n) is 17.1. The lowest BCUT2D eigenvalue weighted by molar-refractivity contribution is -0.275. The van der Waals surface area contributed by atoms with E-state index in [9.17, 15) is 23.1 Å². The van der Waals surface area contributed by atoms with Gasteiger partial charge in [0.2, 0.25) is 0 Å². The molecule has 2 aliphatic heterocycles. The second-order valence-electron chi connectivity index (χ2n) is 8.29. The van der Waals surface area contributed by atoms with Crippen molar-refractivity contribution in [1.82, 2.24) is 0 Å². The van der Waals surface area contributed by atoms with Gasteiger partial charge in [0.1, 0.15) is 11.9 Å². The Morgan fingerprint density at radius 3 is 2.56 bits per heavy atom. The number of carbonyl (C=O) groups is 1. The lowest BCUT2D eigenvalue weighted by Crippen LogP contribution is -2.47. The van der Waals surface area contributed by atoms with E-state index >= 15 is 0 Å². The number of amides is 1. The molecule has 1 atom stereocenters. The number of anilines is 1. The molecule has 2 aromatic rings. The van der Waals surface area contributed by atoms with E-state index in [4.69, 9.17) is 9.47 Å². The highest BCUT2D eigenvalue weighted by molar-refractivity contribution is 6.06. The number of halogens is 3. The predicted molar refractivity (Wildman–Crippen MR) is 107 cm³/mol. The van der Waals surface area contributed by atoms with Crippen LogP contribution in [0.4, 0.5) is 18.9 Å². The third-order valence-corrected chi connectivity index (χ3v) is 5.98. The Morgan fingerprint density at radius 2 is 1.88 bits per heavy atom. The number of nitrogens with zero attached hydrogens (tertiary/aromatic N) is 1. The maximum absolute atomic E-state index is 13.3. The molecule has 2 fully saturated rings. The average Bonchev–Trinajstić information content (AvgIpc) is 3.57.